The van der Waals surface area contributed by atoms with Crippen LogP contribution in [0.3, 0.4) is 0 Å². The van der Waals surface area contributed by atoms with Gasteiger partial charge in [-0.15, -0.1) is 5.10 Å². The minimum absolute atomic E-state index is 0.0361. The summed E-state index contributed by atoms with van der Waals surface area (Å²) in [4.78, 5) is 17.5. The molecule has 1 aromatic heterocycles. The third kappa shape index (κ3) is 4.66. The SMILES string of the molecule is Cc1ccc(-n2nc(C(=O)Nc3ccc(Br)cc3C)nc2-c2cccc(Cl)c2)cc1Cl. The number of anilines is 1. The average Bonchev–Trinajstić information content (AvgIpc) is 3.18. The van der Waals surface area contributed by atoms with Crippen LogP contribution in [0.5, 0.6) is 0 Å². The molecular weight excluding hydrogens is 499 g/mol. The average molecular weight is 516 g/mol. The van der Waals surface area contributed by atoms with E-state index in [1.807, 2.05) is 56.3 Å². The van der Waals surface area contributed by atoms with Gasteiger partial charge in [-0.3, -0.25) is 4.79 Å². The van der Waals surface area contributed by atoms with Gasteiger partial charge in [-0.05, 0) is 67.4 Å². The van der Waals surface area contributed by atoms with Gasteiger partial charge in [0.1, 0.15) is 0 Å². The van der Waals surface area contributed by atoms with Crippen molar-refractivity contribution in [2.45, 2.75) is 13.8 Å². The van der Waals surface area contributed by atoms with E-state index in [-0.39, 0.29) is 5.82 Å². The zero-order chi connectivity index (χ0) is 22.1. The Morgan fingerprint density at radius 3 is 2.52 bits per heavy atom. The van der Waals surface area contributed by atoms with E-state index in [1.165, 1.54) is 0 Å². The molecule has 31 heavy (non-hydrogen) atoms. The van der Waals surface area contributed by atoms with Gasteiger partial charge in [0.25, 0.3) is 5.91 Å². The van der Waals surface area contributed by atoms with Gasteiger partial charge in [0.05, 0.1) is 5.69 Å². The number of carbonyl (C=O) groups excluding carboxylic acids is 1. The third-order valence-corrected chi connectivity index (χ3v) is 5.87. The summed E-state index contributed by atoms with van der Waals surface area (Å²) in [6.45, 7) is 3.84. The number of halogens is 3. The van der Waals surface area contributed by atoms with Crippen molar-refractivity contribution in [3.8, 4) is 17.1 Å². The molecule has 5 nitrogen and oxygen atoms in total. The molecule has 0 fully saturated rings. The topological polar surface area (TPSA) is 59.8 Å². The first-order valence-electron chi connectivity index (χ1n) is 9.39. The van der Waals surface area contributed by atoms with E-state index in [4.69, 9.17) is 23.2 Å². The molecule has 0 unspecified atom stereocenters. The predicted octanol–water partition coefficient (Wildman–Crippen LogP) is 6.87. The number of aromatic nitrogens is 3. The van der Waals surface area contributed by atoms with Crippen molar-refractivity contribution in [2.75, 3.05) is 5.32 Å². The van der Waals surface area contributed by atoms with Crippen LogP contribution >= 0.6 is 39.1 Å². The van der Waals surface area contributed by atoms with Gasteiger partial charge in [-0.2, -0.15) is 0 Å². The molecule has 8 heteroatoms. The van der Waals surface area contributed by atoms with Gasteiger partial charge in [-0.1, -0.05) is 57.3 Å². The van der Waals surface area contributed by atoms with E-state index in [0.717, 1.165) is 21.2 Å². The summed E-state index contributed by atoms with van der Waals surface area (Å²) < 4.78 is 2.53. The minimum atomic E-state index is -0.411. The Kier molecular flexibility index (Phi) is 6.14. The second-order valence-electron chi connectivity index (χ2n) is 7.03. The van der Waals surface area contributed by atoms with Gasteiger partial charge in [-0.25, -0.2) is 9.67 Å². The Labute approximate surface area is 198 Å². The zero-order valence-electron chi connectivity index (χ0n) is 16.7. The molecule has 0 aliphatic rings. The first-order chi connectivity index (χ1) is 14.8. The number of carbonyl (C=O) groups is 1. The highest BCUT2D eigenvalue weighted by atomic mass is 79.9. The van der Waals surface area contributed by atoms with E-state index >= 15 is 0 Å². The van der Waals surface area contributed by atoms with Crippen molar-refractivity contribution in [3.05, 3.63) is 92.1 Å². The predicted molar refractivity (Wildman–Crippen MR) is 128 cm³/mol. The molecule has 0 radical (unpaired) electrons. The zero-order valence-corrected chi connectivity index (χ0v) is 19.8. The molecule has 1 amide bonds. The van der Waals surface area contributed by atoms with Crippen molar-refractivity contribution < 1.29 is 4.79 Å². The molecule has 4 aromatic rings. The second-order valence-corrected chi connectivity index (χ2v) is 8.79. The van der Waals surface area contributed by atoms with Gasteiger partial charge in [0.15, 0.2) is 5.82 Å². The van der Waals surface area contributed by atoms with Crippen LogP contribution in [0.2, 0.25) is 10.0 Å². The van der Waals surface area contributed by atoms with Crippen LogP contribution in [-0.2, 0) is 0 Å². The highest BCUT2D eigenvalue weighted by molar-refractivity contribution is 9.10. The first-order valence-corrected chi connectivity index (χ1v) is 10.9. The van der Waals surface area contributed by atoms with Crippen molar-refractivity contribution in [1.29, 1.82) is 0 Å². The van der Waals surface area contributed by atoms with E-state index in [2.05, 4.69) is 31.3 Å². The fourth-order valence-corrected chi connectivity index (χ4v) is 3.90. The standard InChI is InChI=1S/C23H17BrCl2N4O/c1-13-6-8-18(12-19(13)26)30-22(15-4-3-5-17(25)11-15)28-21(29-30)23(31)27-20-9-7-16(24)10-14(20)2/h3-12H,1-2H3,(H,27,31). The molecule has 1 heterocycles. The fraction of sp³-hybridized carbons (Fsp3) is 0.0870. The molecule has 0 aliphatic heterocycles. The largest absolute Gasteiger partial charge is 0.319 e. The van der Waals surface area contributed by atoms with Gasteiger partial charge >= 0.3 is 0 Å². The number of rotatable bonds is 4. The van der Waals surface area contributed by atoms with Crippen LogP contribution in [0.25, 0.3) is 17.1 Å². The number of aryl methyl sites for hydroxylation is 2. The Morgan fingerprint density at radius 1 is 1.00 bits per heavy atom. The summed E-state index contributed by atoms with van der Waals surface area (Å²) in [7, 11) is 0. The number of hydrogen-bond acceptors (Lipinski definition) is 3. The highest BCUT2D eigenvalue weighted by Gasteiger charge is 2.20. The lowest BCUT2D eigenvalue weighted by atomic mass is 10.2. The Morgan fingerprint density at radius 2 is 1.81 bits per heavy atom. The number of hydrogen-bond donors (Lipinski definition) is 1. The molecule has 4 rings (SSSR count). The summed E-state index contributed by atoms with van der Waals surface area (Å²) in [6.07, 6.45) is 0. The van der Waals surface area contributed by atoms with Crippen LogP contribution < -0.4 is 5.32 Å². The molecule has 156 valence electrons. The monoisotopic (exact) mass is 514 g/mol. The van der Waals surface area contributed by atoms with Crippen LogP contribution in [0.4, 0.5) is 5.69 Å². The molecule has 0 atom stereocenters. The Hall–Kier alpha value is -2.67. The summed E-state index contributed by atoms with van der Waals surface area (Å²) in [5, 5.41) is 8.52. The molecule has 1 N–H and O–H groups in total. The van der Waals surface area contributed by atoms with Crippen molar-refractivity contribution in [2.24, 2.45) is 0 Å². The summed E-state index contributed by atoms with van der Waals surface area (Å²) >= 11 is 15.9. The quantitative estimate of drug-likeness (QED) is 0.322. The molecular formula is C23H17BrCl2N4O. The maximum absolute atomic E-state index is 13.0. The highest BCUT2D eigenvalue weighted by Crippen LogP contribution is 2.27. The lowest BCUT2D eigenvalue weighted by Crippen LogP contribution is -2.15. The van der Waals surface area contributed by atoms with Crippen LogP contribution in [-0.4, -0.2) is 20.7 Å². The Balaban J connectivity index is 1.78. The number of nitrogens with zero attached hydrogens (tertiary/aromatic N) is 3. The minimum Gasteiger partial charge on any atom is -0.319 e. The van der Waals surface area contributed by atoms with Gasteiger partial charge in [0, 0.05) is 25.8 Å². The molecule has 0 saturated heterocycles. The van der Waals surface area contributed by atoms with Crippen LogP contribution in [0, 0.1) is 13.8 Å². The smallest absolute Gasteiger partial charge is 0.295 e. The van der Waals surface area contributed by atoms with E-state index < -0.39 is 5.91 Å². The molecule has 3 aromatic carbocycles. The molecule has 0 spiro atoms. The van der Waals surface area contributed by atoms with Gasteiger partial charge < -0.3 is 5.32 Å². The third-order valence-electron chi connectivity index (χ3n) is 4.73. The van der Waals surface area contributed by atoms with E-state index in [9.17, 15) is 4.79 Å². The number of benzene rings is 3. The molecule has 0 saturated carbocycles. The first kappa shape index (κ1) is 21.6. The summed E-state index contributed by atoms with van der Waals surface area (Å²) in [5.41, 5.74) is 3.97. The summed E-state index contributed by atoms with van der Waals surface area (Å²) in [5.74, 6) is 0.111. The normalized spacial score (nSPS) is 10.9. The maximum Gasteiger partial charge on any atom is 0.295 e. The maximum atomic E-state index is 13.0. The number of amides is 1. The lowest BCUT2D eigenvalue weighted by Gasteiger charge is -2.08. The van der Waals surface area contributed by atoms with Gasteiger partial charge in [0.2, 0.25) is 5.82 Å². The molecule has 0 bridgehead atoms. The van der Waals surface area contributed by atoms with E-state index in [1.54, 1.807) is 22.9 Å². The fourth-order valence-electron chi connectivity index (χ4n) is 3.06. The van der Waals surface area contributed by atoms with Crippen molar-refractivity contribution >= 4 is 50.7 Å². The van der Waals surface area contributed by atoms with Crippen LogP contribution in [0.1, 0.15) is 21.7 Å². The van der Waals surface area contributed by atoms with Crippen LogP contribution in [0.15, 0.2) is 65.1 Å². The molecule has 0 aliphatic carbocycles. The second kappa shape index (κ2) is 8.83. The number of nitrogens with one attached hydrogen (secondary N) is 1. The lowest BCUT2D eigenvalue weighted by molar-refractivity contribution is 0.101. The van der Waals surface area contributed by atoms with E-state index in [0.29, 0.717) is 27.2 Å². The summed E-state index contributed by atoms with van der Waals surface area (Å²) in [6, 6.07) is 18.4. The van der Waals surface area contributed by atoms with Crippen molar-refractivity contribution in [3.63, 3.8) is 0 Å². The van der Waals surface area contributed by atoms with Crippen molar-refractivity contribution in [1.82, 2.24) is 14.8 Å². The Bertz CT molecular complexity index is 1300.